The normalized spacial score (nSPS) is 14.6. The van der Waals surface area contributed by atoms with Crippen molar-refractivity contribution in [1.29, 1.82) is 0 Å². The first kappa shape index (κ1) is 29.0. The van der Waals surface area contributed by atoms with Crippen LogP contribution < -0.4 is 10.6 Å². The summed E-state index contributed by atoms with van der Waals surface area (Å²) in [6.07, 6.45) is 2.54. The number of nitrogens with one attached hydrogen (secondary N) is 2. The average molecular weight is 564 g/mol. The fourth-order valence-electron chi connectivity index (χ4n) is 5.52. The molecule has 1 aromatic heterocycles. The van der Waals surface area contributed by atoms with Crippen LogP contribution in [0.4, 0.5) is 5.69 Å². The molecule has 7 nitrogen and oxygen atoms in total. The fraction of sp³-hybridized carbons (Fsp3) is 0.314. The van der Waals surface area contributed by atoms with Gasteiger partial charge in [-0.2, -0.15) is 0 Å². The van der Waals surface area contributed by atoms with Crippen LogP contribution in [0, 0.1) is 18.3 Å². The van der Waals surface area contributed by atoms with Crippen molar-refractivity contribution >= 4 is 34.4 Å². The number of nitrogens with zero attached hydrogens (tertiary/aromatic N) is 1. The average Bonchev–Trinajstić information content (AvgIpc) is 2.97. The number of hydrogen-bond acceptors (Lipinski definition) is 5. The predicted octanol–water partition coefficient (Wildman–Crippen LogP) is 6.42. The lowest BCUT2D eigenvalue weighted by Crippen LogP contribution is -2.29. The maximum atomic E-state index is 13.6. The first-order valence-electron chi connectivity index (χ1n) is 14.4. The predicted molar refractivity (Wildman–Crippen MR) is 164 cm³/mol. The van der Waals surface area contributed by atoms with Crippen LogP contribution in [0.25, 0.3) is 10.9 Å². The molecule has 0 unspecified atom stereocenters. The van der Waals surface area contributed by atoms with E-state index < -0.39 is 18.5 Å². The van der Waals surface area contributed by atoms with Gasteiger partial charge in [0.2, 0.25) is 0 Å². The Balaban J connectivity index is 1.29. The summed E-state index contributed by atoms with van der Waals surface area (Å²) in [5, 5.41) is 6.37. The molecule has 0 saturated carbocycles. The van der Waals surface area contributed by atoms with Crippen LogP contribution in [-0.4, -0.2) is 29.4 Å². The van der Waals surface area contributed by atoms with Gasteiger partial charge in [-0.25, -0.2) is 4.79 Å². The first-order valence-corrected chi connectivity index (χ1v) is 14.4. The molecule has 0 spiro atoms. The summed E-state index contributed by atoms with van der Waals surface area (Å²) in [4.78, 5) is 44.3. The van der Waals surface area contributed by atoms with Crippen LogP contribution >= 0.6 is 0 Å². The Bertz CT molecular complexity index is 1640. The fourth-order valence-corrected chi connectivity index (χ4v) is 5.52. The van der Waals surface area contributed by atoms with E-state index in [2.05, 4.69) is 31.4 Å². The molecule has 2 N–H and O–H groups in total. The third-order valence-corrected chi connectivity index (χ3v) is 8.04. The molecule has 0 bridgehead atoms. The number of ether oxygens (including phenoxy) is 1. The van der Waals surface area contributed by atoms with Crippen LogP contribution in [0.3, 0.4) is 0 Å². The van der Waals surface area contributed by atoms with Crippen LogP contribution in [0.5, 0.6) is 0 Å². The van der Waals surface area contributed by atoms with Gasteiger partial charge in [0.15, 0.2) is 6.61 Å². The molecule has 4 aromatic rings. The van der Waals surface area contributed by atoms with E-state index in [1.54, 1.807) is 24.3 Å². The molecule has 42 heavy (non-hydrogen) atoms. The smallest absolute Gasteiger partial charge is 0.339 e. The summed E-state index contributed by atoms with van der Waals surface area (Å²) < 4.78 is 5.59. The third-order valence-electron chi connectivity index (χ3n) is 8.04. The van der Waals surface area contributed by atoms with Crippen molar-refractivity contribution in [2.24, 2.45) is 11.3 Å². The highest BCUT2D eigenvalue weighted by Crippen LogP contribution is 2.39. The SMILES string of the molecule is Cc1ccc(CNC(=O)c2ccccc2NC(=O)COC(=O)c2c3c(nc4ccccc24)CC[C@H](C(C)(C)C)C3)cc1. The van der Waals surface area contributed by atoms with Gasteiger partial charge < -0.3 is 15.4 Å². The lowest BCUT2D eigenvalue weighted by Gasteiger charge is -2.35. The van der Waals surface area contributed by atoms with E-state index in [4.69, 9.17) is 9.72 Å². The maximum Gasteiger partial charge on any atom is 0.339 e. The summed E-state index contributed by atoms with van der Waals surface area (Å²) in [6.45, 7) is 8.56. The van der Waals surface area contributed by atoms with Crippen molar-refractivity contribution in [3.05, 3.63) is 106 Å². The molecular formula is C35H37N3O4. The van der Waals surface area contributed by atoms with E-state index >= 15 is 0 Å². The quantitative estimate of drug-likeness (QED) is 0.253. The maximum absolute atomic E-state index is 13.6. The zero-order valence-corrected chi connectivity index (χ0v) is 24.6. The van der Waals surface area contributed by atoms with E-state index in [1.807, 2.05) is 55.5 Å². The Morgan fingerprint density at radius 2 is 1.67 bits per heavy atom. The van der Waals surface area contributed by atoms with Crippen molar-refractivity contribution in [3.63, 3.8) is 0 Å². The first-order chi connectivity index (χ1) is 20.1. The van der Waals surface area contributed by atoms with Gasteiger partial charge in [-0.1, -0.05) is 80.9 Å². The molecule has 1 atom stereocenters. The Morgan fingerprint density at radius 1 is 0.952 bits per heavy atom. The molecule has 1 heterocycles. The molecule has 5 rings (SSSR count). The number of amides is 2. The molecule has 7 heteroatoms. The molecule has 3 aromatic carbocycles. The number of pyridine rings is 1. The molecule has 1 aliphatic carbocycles. The number of fused-ring (bicyclic) bond motifs is 2. The van der Waals surface area contributed by atoms with Gasteiger partial charge in [0.25, 0.3) is 11.8 Å². The third kappa shape index (κ3) is 6.51. The number of para-hydroxylation sites is 2. The minimum atomic E-state index is -0.543. The summed E-state index contributed by atoms with van der Waals surface area (Å²) in [6, 6.07) is 22.2. The van der Waals surface area contributed by atoms with Crippen molar-refractivity contribution in [3.8, 4) is 0 Å². The van der Waals surface area contributed by atoms with E-state index in [-0.39, 0.29) is 11.3 Å². The van der Waals surface area contributed by atoms with Crippen molar-refractivity contribution in [2.45, 2.75) is 53.5 Å². The van der Waals surface area contributed by atoms with Gasteiger partial charge in [-0.05, 0) is 66.8 Å². The number of anilines is 1. The number of aryl methyl sites for hydroxylation is 2. The Kier molecular flexibility index (Phi) is 8.39. The molecule has 0 aliphatic heterocycles. The highest BCUT2D eigenvalue weighted by atomic mass is 16.5. The summed E-state index contributed by atoms with van der Waals surface area (Å²) >= 11 is 0. The molecule has 216 valence electrons. The number of carbonyl (C=O) groups is 3. The van der Waals surface area contributed by atoms with Crippen molar-refractivity contribution in [1.82, 2.24) is 10.3 Å². The van der Waals surface area contributed by atoms with Crippen LogP contribution in [0.15, 0.2) is 72.8 Å². The Morgan fingerprint density at radius 3 is 2.43 bits per heavy atom. The van der Waals surface area contributed by atoms with E-state index in [0.29, 0.717) is 29.3 Å². The zero-order valence-electron chi connectivity index (χ0n) is 24.6. The highest BCUT2D eigenvalue weighted by molar-refractivity contribution is 6.07. The van der Waals surface area contributed by atoms with Gasteiger partial charge in [0.05, 0.1) is 22.3 Å². The summed E-state index contributed by atoms with van der Waals surface area (Å²) in [7, 11) is 0. The van der Waals surface area contributed by atoms with E-state index in [1.165, 1.54) is 0 Å². The summed E-state index contributed by atoms with van der Waals surface area (Å²) in [5.74, 6) is -0.983. The second-order valence-electron chi connectivity index (χ2n) is 12.1. The van der Waals surface area contributed by atoms with E-state index in [9.17, 15) is 14.4 Å². The zero-order chi connectivity index (χ0) is 29.9. The monoisotopic (exact) mass is 563 g/mol. The van der Waals surface area contributed by atoms with Crippen LogP contribution in [-0.2, 0) is 28.9 Å². The number of benzene rings is 3. The van der Waals surface area contributed by atoms with Gasteiger partial charge in [0, 0.05) is 17.6 Å². The Hall–Kier alpha value is -4.52. The van der Waals surface area contributed by atoms with Crippen LogP contribution in [0.1, 0.15) is 70.3 Å². The number of hydrogen-bond donors (Lipinski definition) is 2. The minimum absolute atomic E-state index is 0.0875. The topological polar surface area (TPSA) is 97.4 Å². The largest absolute Gasteiger partial charge is 0.452 e. The number of esters is 1. The van der Waals surface area contributed by atoms with Gasteiger partial charge in [-0.15, -0.1) is 0 Å². The molecule has 1 aliphatic rings. The van der Waals surface area contributed by atoms with Gasteiger partial charge in [-0.3, -0.25) is 14.6 Å². The Labute approximate surface area is 246 Å². The molecule has 0 radical (unpaired) electrons. The molecule has 0 fully saturated rings. The number of aromatic nitrogens is 1. The number of carbonyl (C=O) groups excluding carboxylic acids is 3. The van der Waals surface area contributed by atoms with Gasteiger partial charge in [0.1, 0.15) is 0 Å². The molecular weight excluding hydrogens is 526 g/mol. The number of rotatable bonds is 7. The van der Waals surface area contributed by atoms with Crippen molar-refractivity contribution in [2.75, 3.05) is 11.9 Å². The van der Waals surface area contributed by atoms with Crippen molar-refractivity contribution < 1.29 is 19.1 Å². The van der Waals surface area contributed by atoms with E-state index in [0.717, 1.165) is 52.5 Å². The second kappa shape index (κ2) is 12.1. The van der Waals surface area contributed by atoms with Gasteiger partial charge >= 0.3 is 5.97 Å². The standard InChI is InChI=1S/C35H37N3O4/c1-22-13-15-23(16-14-22)20-36-33(40)26-10-6-8-12-29(26)38-31(39)21-42-34(41)32-25-9-5-7-11-28(25)37-30-18-17-24(19-27(30)32)35(2,3)4/h5-16,24H,17-21H2,1-4H3,(H,36,40)(H,38,39)/t24-/m0/s1. The lowest BCUT2D eigenvalue weighted by molar-refractivity contribution is -0.119. The second-order valence-corrected chi connectivity index (χ2v) is 12.1. The molecule has 2 amide bonds. The highest BCUT2D eigenvalue weighted by Gasteiger charge is 2.33. The minimum Gasteiger partial charge on any atom is -0.452 e. The molecule has 0 saturated heterocycles. The summed E-state index contributed by atoms with van der Waals surface area (Å²) in [5.41, 5.74) is 5.96. The lowest BCUT2D eigenvalue weighted by atomic mass is 9.70. The van der Waals surface area contributed by atoms with Crippen LogP contribution in [0.2, 0.25) is 0 Å².